The smallest absolute Gasteiger partial charge is 0.373 e. The molecule has 1 N–H and O–H groups in total. The molecule has 9 nitrogen and oxygen atoms in total. The molecule has 0 saturated carbocycles. The number of carbonyl (C=O) groups excluding carboxylic acids is 3. The first-order valence-corrected chi connectivity index (χ1v) is 11.7. The number of carbonyl (C=O) groups is 3. The standard InChI is InChI=1S/C25H18Cl2N2O7S/c1-33-21-10-13(3-7-19(21)35-12-15-5-8-20(36-15)24(32)34-2)9-16-22(30)28-25(37)29(23(16)31)14-4-6-17(26)18(27)11-14/h3-11H,12H2,1-2H3,(H,28,30,37). The highest BCUT2D eigenvalue weighted by Gasteiger charge is 2.34. The summed E-state index contributed by atoms with van der Waals surface area (Å²) < 4.78 is 21.2. The molecule has 1 saturated heterocycles. The van der Waals surface area contributed by atoms with E-state index in [0.29, 0.717) is 33.5 Å². The number of rotatable bonds is 7. The molecule has 1 aliphatic heterocycles. The van der Waals surface area contributed by atoms with E-state index in [1.165, 1.54) is 38.5 Å². The lowest BCUT2D eigenvalue weighted by Crippen LogP contribution is -2.54. The Balaban J connectivity index is 1.56. The van der Waals surface area contributed by atoms with Gasteiger partial charge in [0.05, 0.1) is 30.0 Å². The number of anilines is 1. The average molecular weight is 561 g/mol. The van der Waals surface area contributed by atoms with Crippen LogP contribution in [-0.2, 0) is 20.9 Å². The molecule has 1 fully saturated rings. The highest BCUT2D eigenvalue weighted by atomic mass is 35.5. The molecule has 2 amide bonds. The summed E-state index contributed by atoms with van der Waals surface area (Å²) in [4.78, 5) is 38.5. The highest BCUT2D eigenvalue weighted by molar-refractivity contribution is 7.80. The Morgan fingerprint density at radius 3 is 2.54 bits per heavy atom. The fourth-order valence-electron chi connectivity index (χ4n) is 3.39. The van der Waals surface area contributed by atoms with Gasteiger partial charge in [-0.15, -0.1) is 0 Å². The summed E-state index contributed by atoms with van der Waals surface area (Å²) in [5.41, 5.74) is 0.696. The number of benzene rings is 2. The van der Waals surface area contributed by atoms with Crippen LogP contribution in [0.15, 0.2) is 58.5 Å². The van der Waals surface area contributed by atoms with E-state index in [9.17, 15) is 14.4 Å². The summed E-state index contributed by atoms with van der Waals surface area (Å²) >= 11 is 17.3. The van der Waals surface area contributed by atoms with Crippen LogP contribution in [0.2, 0.25) is 10.0 Å². The van der Waals surface area contributed by atoms with Gasteiger partial charge in [0.15, 0.2) is 16.6 Å². The van der Waals surface area contributed by atoms with Crippen molar-refractivity contribution in [3.8, 4) is 11.5 Å². The van der Waals surface area contributed by atoms with Gasteiger partial charge >= 0.3 is 5.97 Å². The van der Waals surface area contributed by atoms with Crippen LogP contribution in [0, 0.1) is 0 Å². The normalized spacial score (nSPS) is 14.5. The Morgan fingerprint density at radius 1 is 1.05 bits per heavy atom. The molecule has 0 aliphatic carbocycles. The number of ether oxygens (including phenoxy) is 3. The Hall–Kier alpha value is -3.86. The average Bonchev–Trinajstić information content (AvgIpc) is 3.36. The molecule has 1 aliphatic rings. The Morgan fingerprint density at radius 2 is 1.84 bits per heavy atom. The molecule has 1 aromatic heterocycles. The lowest BCUT2D eigenvalue weighted by atomic mass is 10.1. The molecule has 4 rings (SSSR count). The predicted octanol–water partition coefficient (Wildman–Crippen LogP) is 4.79. The zero-order valence-electron chi connectivity index (χ0n) is 19.4. The van der Waals surface area contributed by atoms with Crippen LogP contribution in [0.4, 0.5) is 5.69 Å². The molecule has 190 valence electrons. The van der Waals surface area contributed by atoms with Gasteiger partial charge in [-0.25, -0.2) is 4.79 Å². The second kappa shape index (κ2) is 11.0. The monoisotopic (exact) mass is 560 g/mol. The maximum Gasteiger partial charge on any atom is 0.373 e. The van der Waals surface area contributed by atoms with E-state index in [1.54, 1.807) is 30.3 Å². The molecular formula is C25H18Cl2N2O7S. The second-order valence-corrected chi connectivity index (χ2v) is 8.71. The van der Waals surface area contributed by atoms with Crippen molar-refractivity contribution in [2.24, 2.45) is 0 Å². The van der Waals surface area contributed by atoms with Crippen molar-refractivity contribution in [2.75, 3.05) is 19.1 Å². The SMILES string of the molecule is COC(=O)c1ccc(COc2ccc(C=C3C(=O)NC(=S)N(c4ccc(Cl)c(Cl)c4)C3=O)cc2OC)o1. The molecule has 12 heteroatoms. The van der Waals surface area contributed by atoms with Gasteiger partial charge in [0.25, 0.3) is 11.8 Å². The lowest BCUT2D eigenvalue weighted by molar-refractivity contribution is -0.122. The number of methoxy groups -OCH3 is 2. The summed E-state index contributed by atoms with van der Waals surface area (Å²) in [5, 5.41) is 2.97. The Bertz CT molecular complexity index is 1450. The van der Waals surface area contributed by atoms with Crippen LogP contribution in [-0.4, -0.2) is 37.1 Å². The van der Waals surface area contributed by atoms with E-state index >= 15 is 0 Å². The van der Waals surface area contributed by atoms with E-state index in [-0.39, 0.29) is 28.1 Å². The van der Waals surface area contributed by atoms with Gasteiger partial charge < -0.3 is 18.6 Å². The number of nitrogens with zero attached hydrogens (tertiary/aromatic N) is 1. The van der Waals surface area contributed by atoms with Crippen LogP contribution in [0.25, 0.3) is 6.08 Å². The van der Waals surface area contributed by atoms with Crippen molar-refractivity contribution >= 4 is 70.1 Å². The molecule has 0 radical (unpaired) electrons. The van der Waals surface area contributed by atoms with Crippen molar-refractivity contribution in [3.05, 3.63) is 81.2 Å². The summed E-state index contributed by atoms with van der Waals surface area (Å²) in [6, 6.07) is 12.5. The van der Waals surface area contributed by atoms with Crippen molar-refractivity contribution < 1.29 is 33.0 Å². The zero-order chi connectivity index (χ0) is 26.7. The number of halogens is 2. The molecule has 0 atom stereocenters. The first kappa shape index (κ1) is 26.2. The van der Waals surface area contributed by atoms with Crippen LogP contribution in [0.1, 0.15) is 21.9 Å². The van der Waals surface area contributed by atoms with Crippen LogP contribution in [0.5, 0.6) is 11.5 Å². The Kier molecular flexibility index (Phi) is 7.82. The van der Waals surface area contributed by atoms with Gasteiger partial charge in [0.1, 0.15) is 17.9 Å². The van der Waals surface area contributed by atoms with Crippen LogP contribution >= 0.6 is 35.4 Å². The van der Waals surface area contributed by atoms with E-state index < -0.39 is 17.8 Å². The summed E-state index contributed by atoms with van der Waals surface area (Å²) in [6.45, 7) is 0.0186. The van der Waals surface area contributed by atoms with Gasteiger partial charge in [-0.2, -0.15) is 0 Å². The number of furan rings is 1. The van der Waals surface area contributed by atoms with Crippen LogP contribution < -0.4 is 19.7 Å². The number of hydrogen-bond donors (Lipinski definition) is 1. The largest absolute Gasteiger partial charge is 0.493 e. The summed E-state index contributed by atoms with van der Waals surface area (Å²) in [7, 11) is 2.70. The van der Waals surface area contributed by atoms with Gasteiger partial charge in [-0.05, 0) is 66.3 Å². The fraction of sp³-hybridized carbons (Fsp3) is 0.120. The second-order valence-electron chi connectivity index (χ2n) is 7.51. The van der Waals surface area contributed by atoms with Gasteiger partial charge in [0.2, 0.25) is 5.76 Å². The molecular weight excluding hydrogens is 543 g/mol. The summed E-state index contributed by atoms with van der Waals surface area (Å²) in [5.74, 6) is -0.707. The van der Waals surface area contributed by atoms with Crippen molar-refractivity contribution in [1.82, 2.24) is 5.32 Å². The highest BCUT2D eigenvalue weighted by Crippen LogP contribution is 2.32. The molecule has 2 aromatic carbocycles. The topological polar surface area (TPSA) is 107 Å². The van der Waals surface area contributed by atoms with Crippen molar-refractivity contribution in [3.63, 3.8) is 0 Å². The van der Waals surface area contributed by atoms with Gasteiger partial charge in [0, 0.05) is 0 Å². The van der Waals surface area contributed by atoms with E-state index in [2.05, 4.69) is 10.1 Å². The molecule has 0 bridgehead atoms. The minimum atomic E-state index is -0.648. The minimum absolute atomic E-state index is 0.0186. The molecule has 2 heterocycles. The number of thiocarbonyl (C=S) groups is 1. The first-order valence-electron chi connectivity index (χ1n) is 10.6. The van der Waals surface area contributed by atoms with E-state index in [1.807, 2.05) is 0 Å². The number of nitrogens with one attached hydrogen (secondary N) is 1. The van der Waals surface area contributed by atoms with Crippen molar-refractivity contribution in [1.29, 1.82) is 0 Å². The van der Waals surface area contributed by atoms with E-state index in [4.69, 9.17) is 49.3 Å². The third-order valence-corrected chi connectivity index (χ3v) is 6.20. The van der Waals surface area contributed by atoms with E-state index in [0.717, 1.165) is 4.90 Å². The van der Waals surface area contributed by atoms with Crippen molar-refractivity contribution in [2.45, 2.75) is 6.61 Å². The molecule has 3 aromatic rings. The first-order chi connectivity index (χ1) is 17.7. The summed E-state index contributed by atoms with van der Waals surface area (Å²) in [6.07, 6.45) is 1.41. The van der Waals surface area contributed by atoms with Crippen LogP contribution in [0.3, 0.4) is 0 Å². The quantitative estimate of drug-likeness (QED) is 0.190. The minimum Gasteiger partial charge on any atom is -0.493 e. The Labute approximate surface area is 226 Å². The van der Waals surface area contributed by atoms with Gasteiger partial charge in [-0.3, -0.25) is 19.8 Å². The molecule has 37 heavy (non-hydrogen) atoms. The van der Waals surface area contributed by atoms with Gasteiger partial charge in [-0.1, -0.05) is 29.3 Å². The number of esters is 1. The predicted molar refractivity (Wildman–Crippen MR) is 140 cm³/mol. The number of amides is 2. The molecule has 0 spiro atoms. The third-order valence-electron chi connectivity index (χ3n) is 5.18. The zero-order valence-corrected chi connectivity index (χ0v) is 21.7. The lowest BCUT2D eigenvalue weighted by Gasteiger charge is -2.29. The fourth-order valence-corrected chi connectivity index (χ4v) is 3.96. The number of hydrogen-bond acceptors (Lipinski definition) is 8. The maximum atomic E-state index is 13.2. The maximum absolute atomic E-state index is 13.2. The third kappa shape index (κ3) is 5.61. The molecule has 0 unspecified atom stereocenters.